The van der Waals surface area contributed by atoms with Crippen molar-refractivity contribution < 1.29 is 14.5 Å². The van der Waals surface area contributed by atoms with Gasteiger partial charge in [0.05, 0.1) is 11.0 Å². The third-order valence-electron chi connectivity index (χ3n) is 3.34. The summed E-state index contributed by atoms with van der Waals surface area (Å²) in [6, 6.07) is 4.32. The lowest BCUT2D eigenvalue weighted by molar-refractivity contribution is -0.384. The van der Waals surface area contributed by atoms with Gasteiger partial charge in [-0.1, -0.05) is 0 Å². The molecule has 7 heteroatoms. The van der Waals surface area contributed by atoms with E-state index in [4.69, 9.17) is 4.74 Å². The molecule has 21 heavy (non-hydrogen) atoms. The van der Waals surface area contributed by atoms with Crippen molar-refractivity contribution in [1.29, 1.82) is 0 Å². The van der Waals surface area contributed by atoms with Gasteiger partial charge < -0.3 is 15.4 Å². The third kappa shape index (κ3) is 3.91. The van der Waals surface area contributed by atoms with E-state index in [0.717, 1.165) is 19.4 Å². The Kier molecular flexibility index (Phi) is 5.10. The zero-order valence-corrected chi connectivity index (χ0v) is 11.9. The summed E-state index contributed by atoms with van der Waals surface area (Å²) < 4.78 is 5.48. The molecule has 0 aromatic heterocycles. The second kappa shape index (κ2) is 7.03. The van der Waals surface area contributed by atoms with Crippen LogP contribution in [0, 0.1) is 10.1 Å². The first-order valence-electron chi connectivity index (χ1n) is 7.04. The fraction of sp³-hybridized carbons (Fsp3) is 0.500. The summed E-state index contributed by atoms with van der Waals surface area (Å²) in [5, 5.41) is 16.8. The first kappa shape index (κ1) is 15.2. The quantitative estimate of drug-likeness (QED) is 0.617. The van der Waals surface area contributed by atoms with Gasteiger partial charge in [-0.2, -0.15) is 0 Å². The van der Waals surface area contributed by atoms with Gasteiger partial charge in [0, 0.05) is 31.3 Å². The molecule has 1 atom stereocenters. The van der Waals surface area contributed by atoms with E-state index in [2.05, 4.69) is 10.6 Å². The van der Waals surface area contributed by atoms with E-state index in [0.29, 0.717) is 24.3 Å². The van der Waals surface area contributed by atoms with Crippen LogP contribution in [0.1, 0.15) is 30.1 Å². The molecule has 2 rings (SSSR count). The number of nitro benzene ring substituents is 1. The van der Waals surface area contributed by atoms with Gasteiger partial charge in [0.25, 0.3) is 11.6 Å². The van der Waals surface area contributed by atoms with Gasteiger partial charge in [-0.05, 0) is 31.9 Å². The molecule has 1 amide bonds. The van der Waals surface area contributed by atoms with Crippen molar-refractivity contribution in [3.8, 4) is 0 Å². The Morgan fingerprint density at radius 2 is 2.33 bits per heavy atom. The minimum Gasteiger partial charge on any atom is -0.377 e. The fourth-order valence-electron chi connectivity index (χ4n) is 2.27. The van der Waals surface area contributed by atoms with Gasteiger partial charge in [0.15, 0.2) is 0 Å². The van der Waals surface area contributed by atoms with Gasteiger partial charge in [-0.3, -0.25) is 14.9 Å². The van der Waals surface area contributed by atoms with E-state index in [1.807, 2.05) is 6.92 Å². The molecule has 1 fully saturated rings. The van der Waals surface area contributed by atoms with Gasteiger partial charge >= 0.3 is 0 Å². The molecule has 0 bridgehead atoms. The van der Waals surface area contributed by atoms with Crippen molar-refractivity contribution in [2.24, 2.45) is 0 Å². The number of carbonyl (C=O) groups excluding carboxylic acids is 1. The molecule has 0 radical (unpaired) electrons. The minimum absolute atomic E-state index is 0.0407. The maximum absolute atomic E-state index is 11.8. The average Bonchev–Trinajstić information content (AvgIpc) is 2.98. The number of anilines is 1. The molecule has 0 spiro atoms. The zero-order chi connectivity index (χ0) is 15.2. The summed E-state index contributed by atoms with van der Waals surface area (Å²) in [7, 11) is 0. The number of carbonyl (C=O) groups is 1. The van der Waals surface area contributed by atoms with Gasteiger partial charge in [-0.15, -0.1) is 0 Å². The number of nitro groups is 1. The third-order valence-corrected chi connectivity index (χ3v) is 3.34. The molecular weight excluding hydrogens is 274 g/mol. The first-order chi connectivity index (χ1) is 10.1. The number of nitrogens with zero attached hydrogens (tertiary/aromatic N) is 1. The van der Waals surface area contributed by atoms with E-state index in [1.165, 1.54) is 18.2 Å². The molecule has 114 valence electrons. The van der Waals surface area contributed by atoms with E-state index >= 15 is 0 Å². The van der Waals surface area contributed by atoms with E-state index in [9.17, 15) is 14.9 Å². The Labute approximate surface area is 122 Å². The highest BCUT2D eigenvalue weighted by Gasteiger charge is 2.19. The molecule has 1 aliphatic rings. The molecular formula is C14H19N3O4. The van der Waals surface area contributed by atoms with Crippen LogP contribution < -0.4 is 10.6 Å². The van der Waals surface area contributed by atoms with Gasteiger partial charge in [0.1, 0.15) is 5.69 Å². The number of rotatable bonds is 6. The number of nitrogens with one attached hydrogen (secondary N) is 2. The molecule has 1 aromatic rings. The van der Waals surface area contributed by atoms with Crippen molar-refractivity contribution in [2.75, 3.05) is 25.0 Å². The number of benzene rings is 1. The highest BCUT2D eigenvalue weighted by Crippen LogP contribution is 2.26. The van der Waals surface area contributed by atoms with Crippen LogP contribution in [0.15, 0.2) is 18.2 Å². The minimum atomic E-state index is -0.459. The van der Waals surface area contributed by atoms with Crippen molar-refractivity contribution in [1.82, 2.24) is 5.32 Å². The topological polar surface area (TPSA) is 93.5 Å². The average molecular weight is 293 g/mol. The molecule has 0 saturated carbocycles. The Hall–Kier alpha value is -2.15. The van der Waals surface area contributed by atoms with Crippen molar-refractivity contribution >= 4 is 17.3 Å². The lowest BCUT2D eigenvalue weighted by atomic mass is 10.1. The number of hydrogen-bond donors (Lipinski definition) is 2. The van der Waals surface area contributed by atoms with Crippen LogP contribution in [-0.2, 0) is 4.74 Å². The normalized spacial score (nSPS) is 17.5. The standard InChI is InChI=1S/C14H19N3O4/c1-2-15-14(18)10-5-6-13(17(19)20)12(8-10)16-9-11-4-3-7-21-11/h5-6,8,11,16H,2-4,7,9H2,1H3,(H,15,18). The number of hydrogen-bond acceptors (Lipinski definition) is 5. The van der Waals surface area contributed by atoms with E-state index in [-0.39, 0.29) is 17.7 Å². The largest absolute Gasteiger partial charge is 0.377 e. The SMILES string of the molecule is CCNC(=O)c1ccc([N+](=O)[O-])c(NCC2CCCO2)c1. The highest BCUT2D eigenvalue weighted by molar-refractivity contribution is 5.95. The predicted molar refractivity (Wildman–Crippen MR) is 78.6 cm³/mol. The second-order valence-electron chi connectivity index (χ2n) is 4.86. The second-order valence-corrected chi connectivity index (χ2v) is 4.86. The smallest absolute Gasteiger partial charge is 0.292 e. The van der Waals surface area contributed by atoms with Crippen LogP contribution in [0.25, 0.3) is 0 Å². The van der Waals surface area contributed by atoms with Gasteiger partial charge in [0.2, 0.25) is 0 Å². The van der Waals surface area contributed by atoms with Crippen LogP contribution in [-0.4, -0.2) is 36.6 Å². The van der Waals surface area contributed by atoms with E-state index in [1.54, 1.807) is 0 Å². The maximum Gasteiger partial charge on any atom is 0.292 e. The Bertz CT molecular complexity index is 527. The molecule has 1 unspecified atom stereocenters. The molecule has 0 aliphatic carbocycles. The maximum atomic E-state index is 11.8. The Morgan fingerprint density at radius 1 is 1.52 bits per heavy atom. The molecule has 1 saturated heterocycles. The molecule has 1 heterocycles. The van der Waals surface area contributed by atoms with Crippen LogP contribution in [0.2, 0.25) is 0 Å². The van der Waals surface area contributed by atoms with Crippen molar-refractivity contribution in [3.63, 3.8) is 0 Å². The fourth-order valence-corrected chi connectivity index (χ4v) is 2.27. The lowest BCUT2D eigenvalue weighted by Gasteiger charge is -2.13. The Balaban J connectivity index is 2.15. The van der Waals surface area contributed by atoms with Crippen LogP contribution in [0.4, 0.5) is 11.4 Å². The lowest BCUT2D eigenvalue weighted by Crippen LogP contribution is -2.23. The summed E-state index contributed by atoms with van der Waals surface area (Å²) >= 11 is 0. The zero-order valence-electron chi connectivity index (χ0n) is 11.9. The first-order valence-corrected chi connectivity index (χ1v) is 7.04. The van der Waals surface area contributed by atoms with Crippen molar-refractivity contribution in [3.05, 3.63) is 33.9 Å². The predicted octanol–water partition coefficient (Wildman–Crippen LogP) is 1.94. The highest BCUT2D eigenvalue weighted by atomic mass is 16.6. The van der Waals surface area contributed by atoms with Crippen LogP contribution in [0.3, 0.4) is 0 Å². The monoisotopic (exact) mass is 293 g/mol. The molecule has 7 nitrogen and oxygen atoms in total. The number of ether oxygens (including phenoxy) is 1. The summed E-state index contributed by atoms with van der Waals surface area (Å²) in [6.07, 6.45) is 2.02. The van der Waals surface area contributed by atoms with Crippen LogP contribution in [0.5, 0.6) is 0 Å². The summed E-state index contributed by atoms with van der Waals surface area (Å²) in [5.41, 5.74) is 0.706. The summed E-state index contributed by atoms with van der Waals surface area (Å²) in [6.45, 7) is 3.56. The van der Waals surface area contributed by atoms with Gasteiger partial charge in [-0.25, -0.2) is 0 Å². The molecule has 1 aliphatic heterocycles. The summed E-state index contributed by atoms with van der Waals surface area (Å²) in [4.78, 5) is 22.4. The molecule has 1 aromatic carbocycles. The Morgan fingerprint density at radius 3 is 2.95 bits per heavy atom. The number of amides is 1. The summed E-state index contributed by atoms with van der Waals surface area (Å²) in [5.74, 6) is -0.243. The van der Waals surface area contributed by atoms with E-state index < -0.39 is 4.92 Å². The van der Waals surface area contributed by atoms with Crippen LogP contribution >= 0.6 is 0 Å². The van der Waals surface area contributed by atoms with Crippen molar-refractivity contribution in [2.45, 2.75) is 25.9 Å². The molecule has 2 N–H and O–H groups in total.